The molecular weight excluding hydrogens is 418 g/mol. The number of fused-ring (bicyclic) bond motifs is 1. The maximum atomic E-state index is 9.78. The van der Waals surface area contributed by atoms with Crippen molar-refractivity contribution >= 4 is 45.9 Å². The molecule has 0 bridgehead atoms. The number of alkyl halides is 1. The highest BCUT2D eigenvalue weighted by molar-refractivity contribution is 7.99. The van der Waals surface area contributed by atoms with E-state index >= 15 is 0 Å². The zero-order chi connectivity index (χ0) is 21.1. The lowest BCUT2D eigenvalue weighted by atomic mass is 10.1. The molecule has 2 aromatic heterocycles. The van der Waals surface area contributed by atoms with Crippen LogP contribution in [0.3, 0.4) is 0 Å². The fourth-order valence-corrected chi connectivity index (χ4v) is 4.05. The van der Waals surface area contributed by atoms with Crippen molar-refractivity contribution in [2.45, 2.75) is 36.2 Å². The molecule has 2 aromatic carbocycles. The molecule has 1 atom stereocenters. The molecule has 30 heavy (non-hydrogen) atoms. The number of nitrogens with one attached hydrogen (secondary N) is 1. The van der Waals surface area contributed by atoms with Gasteiger partial charge in [-0.1, -0.05) is 62.0 Å². The first-order valence-corrected chi connectivity index (χ1v) is 11.0. The smallest absolute Gasteiger partial charge is 0.191 e. The number of hydrogen-bond acceptors (Lipinski definition) is 6. The Bertz CT molecular complexity index is 1150. The van der Waals surface area contributed by atoms with Gasteiger partial charge in [0.1, 0.15) is 11.6 Å². The van der Waals surface area contributed by atoms with E-state index in [1.807, 2.05) is 41.1 Å². The Balaban J connectivity index is 1.72. The predicted molar refractivity (Wildman–Crippen MR) is 123 cm³/mol. The third-order valence-electron chi connectivity index (χ3n) is 4.42. The number of aromatic nitrogens is 4. The van der Waals surface area contributed by atoms with Gasteiger partial charge in [-0.2, -0.15) is 5.10 Å². The second kappa shape index (κ2) is 8.93. The number of nitrogens with zero attached hydrogens (tertiary/aromatic N) is 4. The number of phenols is 1. The van der Waals surface area contributed by atoms with E-state index in [1.165, 1.54) is 0 Å². The summed E-state index contributed by atoms with van der Waals surface area (Å²) in [5.74, 6) is 0.830. The molecule has 6 nitrogen and oxygen atoms in total. The highest BCUT2D eigenvalue weighted by Gasteiger charge is 2.17. The Morgan fingerprint density at radius 1 is 1.10 bits per heavy atom. The van der Waals surface area contributed by atoms with Crippen LogP contribution in [-0.2, 0) is 6.54 Å². The molecular formula is C22H22ClN5OS. The summed E-state index contributed by atoms with van der Waals surface area (Å²) in [5, 5.41) is 19.2. The van der Waals surface area contributed by atoms with E-state index in [1.54, 1.807) is 36.2 Å². The lowest BCUT2D eigenvalue weighted by Gasteiger charge is -2.13. The number of rotatable bonds is 7. The molecule has 0 saturated heterocycles. The lowest BCUT2D eigenvalue weighted by Crippen LogP contribution is -2.08. The van der Waals surface area contributed by atoms with Gasteiger partial charge < -0.3 is 10.4 Å². The van der Waals surface area contributed by atoms with Gasteiger partial charge in [-0.3, -0.25) is 0 Å². The number of halogens is 1. The fourth-order valence-electron chi connectivity index (χ4n) is 3.07. The molecule has 2 heterocycles. The minimum absolute atomic E-state index is 0.186. The van der Waals surface area contributed by atoms with Crippen LogP contribution in [-0.4, -0.2) is 30.1 Å². The third kappa shape index (κ3) is 4.68. The predicted octanol–water partition coefficient (Wildman–Crippen LogP) is 5.76. The van der Waals surface area contributed by atoms with E-state index in [-0.39, 0.29) is 11.1 Å². The molecule has 0 spiro atoms. The molecule has 4 rings (SSSR count). The number of benzene rings is 2. The minimum atomic E-state index is -0.229. The molecule has 0 aliphatic rings. The Kier molecular flexibility index (Phi) is 6.11. The first-order valence-electron chi connectivity index (χ1n) is 9.65. The average molecular weight is 440 g/mol. The first-order chi connectivity index (χ1) is 14.5. The number of aromatic hydroxyl groups is 1. The largest absolute Gasteiger partial charge is 0.508 e. The number of anilines is 2. The van der Waals surface area contributed by atoms with Crippen molar-refractivity contribution in [1.82, 2.24) is 19.7 Å². The summed E-state index contributed by atoms with van der Waals surface area (Å²) in [7, 11) is 0. The van der Waals surface area contributed by atoms with E-state index in [4.69, 9.17) is 16.6 Å². The van der Waals surface area contributed by atoms with Crippen LogP contribution in [0.4, 0.5) is 11.5 Å². The van der Waals surface area contributed by atoms with Crippen molar-refractivity contribution in [2.24, 2.45) is 0 Å². The van der Waals surface area contributed by atoms with Crippen molar-refractivity contribution in [3.8, 4) is 5.75 Å². The molecule has 0 radical (unpaired) electrons. The summed E-state index contributed by atoms with van der Waals surface area (Å²) >= 11 is 8.24. The topological polar surface area (TPSA) is 75.9 Å². The van der Waals surface area contributed by atoms with Crippen LogP contribution in [0.5, 0.6) is 5.75 Å². The summed E-state index contributed by atoms with van der Waals surface area (Å²) < 4.78 is 1.82. The van der Waals surface area contributed by atoms with Gasteiger partial charge in [0.2, 0.25) is 0 Å². The highest BCUT2D eigenvalue weighted by atomic mass is 35.5. The normalized spacial score (nSPS) is 12.4. The molecule has 1 unspecified atom stereocenters. The van der Waals surface area contributed by atoms with Crippen LogP contribution in [0.15, 0.2) is 66.0 Å². The SMILES string of the molecule is CC(C)Sc1nc(Nc2cccc(O)c2)c2cnn(CC(Cl)c3ccccc3)c2n1. The van der Waals surface area contributed by atoms with E-state index in [2.05, 4.69) is 29.2 Å². The van der Waals surface area contributed by atoms with Crippen LogP contribution >= 0.6 is 23.4 Å². The van der Waals surface area contributed by atoms with Crippen molar-refractivity contribution < 1.29 is 5.11 Å². The highest BCUT2D eigenvalue weighted by Crippen LogP contribution is 2.31. The van der Waals surface area contributed by atoms with Gasteiger partial charge in [0.25, 0.3) is 0 Å². The van der Waals surface area contributed by atoms with Crippen molar-refractivity contribution in [3.63, 3.8) is 0 Å². The van der Waals surface area contributed by atoms with E-state index in [9.17, 15) is 5.11 Å². The fraction of sp³-hybridized carbons (Fsp3) is 0.227. The van der Waals surface area contributed by atoms with Gasteiger partial charge in [-0.05, 0) is 17.7 Å². The zero-order valence-electron chi connectivity index (χ0n) is 16.7. The summed E-state index contributed by atoms with van der Waals surface area (Å²) in [4.78, 5) is 9.44. The lowest BCUT2D eigenvalue weighted by molar-refractivity contribution is 0.475. The number of hydrogen-bond donors (Lipinski definition) is 2. The van der Waals surface area contributed by atoms with Crippen LogP contribution in [0.25, 0.3) is 11.0 Å². The number of thioether (sulfide) groups is 1. The van der Waals surface area contributed by atoms with Crippen LogP contribution in [0, 0.1) is 0 Å². The Labute approximate surface area is 184 Å². The van der Waals surface area contributed by atoms with Crippen LogP contribution in [0.1, 0.15) is 24.8 Å². The second-order valence-electron chi connectivity index (χ2n) is 7.14. The molecule has 0 amide bonds. The number of phenolic OH excluding ortho intramolecular Hbond substituents is 1. The maximum absolute atomic E-state index is 9.78. The van der Waals surface area contributed by atoms with Crippen molar-refractivity contribution in [3.05, 3.63) is 66.4 Å². The average Bonchev–Trinajstić information content (AvgIpc) is 3.11. The zero-order valence-corrected chi connectivity index (χ0v) is 18.2. The minimum Gasteiger partial charge on any atom is -0.508 e. The summed E-state index contributed by atoms with van der Waals surface area (Å²) in [5.41, 5.74) is 2.49. The molecule has 0 aliphatic carbocycles. The van der Waals surface area contributed by atoms with Crippen molar-refractivity contribution in [1.29, 1.82) is 0 Å². The van der Waals surface area contributed by atoms with Crippen LogP contribution in [0.2, 0.25) is 0 Å². The Morgan fingerprint density at radius 3 is 2.63 bits per heavy atom. The summed E-state index contributed by atoms with van der Waals surface area (Å²) in [6.07, 6.45) is 1.75. The van der Waals surface area contributed by atoms with Gasteiger partial charge in [0.05, 0.1) is 23.5 Å². The van der Waals surface area contributed by atoms with Gasteiger partial charge in [0.15, 0.2) is 10.8 Å². The Morgan fingerprint density at radius 2 is 1.90 bits per heavy atom. The monoisotopic (exact) mass is 439 g/mol. The summed E-state index contributed by atoms with van der Waals surface area (Å²) in [6, 6.07) is 16.9. The molecule has 0 fully saturated rings. The molecule has 154 valence electrons. The van der Waals surface area contributed by atoms with Gasteiger partial charge in [-0.15, -0.1) is 11.6 Å². The van der Waals surface area contributed by atoms with E-state index in [0.29, 0.717) is 22.8 Å². The molecule has 8 heteroatoms. The van der Waals surface area contributed by atoms with Crippen LogP contribution < -0.4 is 5.32 Å². The third-order valence-corrected chi connectivity index (χ3v) is 5.68. The van der Waals surface area contributed by atoms with E-state index in [0.717, 1.165) is 22.3 Å². The quantitative estimate of drug-likeness (QED) is 0.217. The molecule has 2 N–H and O–H groups in total. The molecule has 0 saturated carbocycles. The Hall–Kier alpha value is -2.77. The standard InChI is InChI=1S/C22H22ClN5OS/c1-14(2)30-22-26-20(25-16-9-6-10-17(29)11-16)18-12-24-28(21(18)27-22)13-19(23)15-7-4-3-5-8-15/h3-12,14,19,29H,13H2,1-2H3,(H,25,26,27). The first kappa shape index (κ1) is 20.5. The summed E-state index contributed by atoms with van der Waals surface area (Å²) in [6.45, 7) is 4.69. The molecule has 4 aromatic rings. The van der Waals surface area contributed by atoms with Gasteiger partial charge >= 0.3 is 0 Å². The maximum Gasteiger partial charge on any atom is 0.191 e. The molecule has 0 aliphatic heterocycles. The second-order valence-corrected chi connectivity index (χ2v) is 9.21. The van der Waals surface area contributed by atoms with Crippen molar-refractivity contribution in [2.75, 3.05) is 5.32 Å². The van der Waals surface area contributed by atoms with E-state index < -0.39 is 0 Å². The van der Waals surface area contributed by atoms with Gasteiger partial charge in [0, 0.05) is 17.0 Å². The van der Waals surface area contributed by atoms with Gasteiger partial charge in [-0.25, -0.2) is 14.6 Å².